The Bertz CT molecular complexity index is 1630. The summed E-state index contributed by atoms with van der Waals surface area (Å²) in [5.74, 6) is 1.68. The third-order valence-electron chi connectivity index (χ3n) is 8.34. The Labute approximate surface area is 249 Å². The van der Waals surface area contributed by atoms with E-state index in [1.165, 1.54) is 11.1 Å². The molecule has 0 bridgehead atoms. The maximum Gasteiger partial charge on any atom is 0.346 e. The molecule has 3 aromatic carbocycles. The molecule has 6 heteroatoms. The molecule has 0 spiro atoms. The number of aryl methyl sites for hydroxylation is 2. The monoisotopic (exact) mass is 562 g/mol. The summed E-state index contributed by atoms with van der Waals surface area (Å²) in [6.07, 6.45) is 4.37. The minimum Gasteiger partial charge on any atom is -0.493 e. The summed E-state index contributed by atoms with van der Waals surface area (Å²) in [5.41, 5.74) is 6.53. The fourth-order valence-corrected chi connectivity index (χ4v) is 5.60. The number of hydrogen-bond acceptors (Lipinski definition) is 3. The van der Waals surface area contributed by atoms with E-state index in [0.717, 1.165) is 65.9 Å². The van der Waals surface area contributed by atoms with Gasteiger partial charge in [0, 0.05) is 25.8 Å². The Hall–Kier alpha value is -4.11. The van der Waals surface area contributed by atoms with Gasteiger partial charge in [-0.3, -0.25) is 4.57 Å². The zero-order valence-electron chi connectivity index (χ0n) is 25.6. The van der Waals surface area contributed by atoms with Gasteiger partial charge in [0.05, 0.1) is 18.7 Å². The van der Waals surface area contributed by atoms with E-state index in [-0.39, 0.29) is 11.1 Å². The summed E-state index contributed by atoms with van der Waals surface area (Å²) in [6.45, 7) is 20.0. The summed E-state index contributed by atoms with van der Waals surface area (Å²) < 4.78 is 9.25. The molecule has 4 aromatic rings. The highest BCUT2D eigenvalue weighted by atomic mass is 16.5. The van der Waals surface area contributed by atoms with Crippen LogP contribution in [0.4, 0.5) is 0 Å². The molecule has 1 aliphatic carbocycles. The number of nitrogens with zero attached hydrogens (tertiary/aromatic N) is 4. The number of benzene rings is 3. The predicted octanol–water partition coefficient (Wildman–Crippen LogP) is 7.56. The lowest BCUT2D eigenvalue weighted by atomic mass is 9.87. The van der Waals surface area contributed by atoms with Crippen molar-refractivity contribution in [1.29, 1.82) is 0 Å². The molecule has 1 aromatic heterocycles. The van der Waals surface area contributed by atoms with Gasteiger partial charge in [0.1, 0.15) is 11.6 Å². The molecule has 0 aliphatic heterocycles. The van der Waals surface area contributed by atoms with Crippen molar-refractivity contribution in [2.75, 3.05) is 6.61 Å². The Balaban J connectivity index is 1.23. The Morgan fingerprint density at radius 2 is 1.60 bits per heavy atom. The van der Waals surface area contributed by atoms with Gasteiger partial charge in [-0.1, -0.05) is 75.4 Å². The molecule has 1 heterocycles. The van der Waals surface area contributed by atoms with Crippen LogP contribution >= 0.6 is 0 Å². The van der Waals surface area contributed by atoms with Crippen molar-refractivity contribution in [3.8, 4) is 16.9 Å². The fraction of sp³-hybridized carbons (Fsp3) is 0.417. The smallest absolute Gasteiger partial charge is 0.346 e. The van der Waals surface area contributed by atoms with Gasteiger partial charge in [0.2, 0.25) is 0 Å². The first kappa shape index (κ1) is 29.4. The molecular formula is C36H42N4O2. The minimum atomic E-state index is -0.413. The average Bonchev–Trinajstić information content (AvgIpc) is 3.73. The highest BCUT2D eigenvalue weighted by Gasteiger charge is 2.54. The van der Waals surface area contributed by atoms with Gasteiger partial charge < -0.3 is 9.58 Å². The second-order valence-electron chi connectivity index (χ2n) is 12.4. The maximum absolute atomic E-state index is 13.1. The van der Waals surface area contributed by atoms with Crippen molar-refractivity contribution in [2.45, 2.75) is 90.8 Å². The van der Waals surface area contributed by atoms with Gasteiger partial charge in [0.25, 0.3) is 5.54 Å². The summed E-state index contributed by atoms with van der Waals surface area (Å²) >= 11 is 0. The van der Waals surface area contributed by atoms with Gasteiger partial charge in [-0.05, 0) is 72.1 Å². The lowest BCUT2D eigenvalue weighted by molar-refractivity contribution is 0.335. The molecule has 0 atom stereocenters. The molecule has 0 N–H and O–H groups in total. The van der Waals surface area contributed by atoms with Gasteiger partial charge in [-0.25, -0.2) is 16.0 Å². The van der Waals surface area contributed by atoms with Gasteiger partial charge >= 0.3 is 5.69 Å². The lowest BCUT2D eigenvalue weighted by Gasteiger charge is -2.19. The molecule has 6 nitrogen and oxygen atoms in total. The molecule has 0 saturated heterocycles. The second-order valence-corrected chi connectivity index (χ2v) is 12.4. The molecule has 1 fully saturated rings. The third kappa shape index (κ3) is 6.21. The summed E-state index contributed by atoms with van der Waals surface area (Å²) in [5, 5.41) is 4.73. The van der Waals surface area contributed by atoms with Gasteiger partial charge in [-0.2, -0.15) is 5.10 Å². The van der Waals surface area contributed by atoms with Crippen molar-refractivity contribution in [2.24, 2.45) is 0 Å². The van der Waals surface area contributed by atoms with Crippen LogP contribution in [0.3, 0.4) is 0 Å². The van der Waals surface area contributed by atoms with Gasteiger partial charge in [0.15, 0.2) is 0 Å². The number of rotatable bonds is 11. The highest BCUT2D eigenvalue weighted by molar-refractivity contribution is 5.67. The lowest BCUT2D eigenvalue weighted by Crippen LogP contribution is -2.25. The molecule has 218 valence electrons. The Morgan fingerprint density at radius 1 is 0.929 bits per heavy atom. The standard InChI is InChI=1S/C36H42N4O2/c1-7-39-33(38-40(34(39)41)25-27-14-19-30(20-15-27)35(3,4)5)11-9-10-26-12-16-28(17-13-26)29-18-21-32(42-8-2)31(24-29)36(37-6)22-23-36/h12-21,24H,7-11,22-23,25H2,1-5H3. The van der Waals surface area contributed by atoms with Crippen LogP contribution in [0.15, 0.2) is 71.5 Å². The SMILES string of the molecule is [C-]#[N+]C1(c2cc(-c3ccc(CCCc4nn(Cc5ccc(C(C)(C)C)cc5)c(=O)n4CC)cc3)ccc2OCC)CC1. The quantitative estimate of drug-likeness (QED) is 0.177. The first-order valence-electron chi connectivity index (χ1n) is 15.2. The van der Waals surface area contributed by atoms with Crippen molar-refractivity contribution >= 4 is 0 Å². The van der Waals surface area contributed by atoms with E-state index in [1.54, 1.807) is 9.25 Å². The zero-order chi connectivity index (χ0) is 29.9. The minimum absolute atomic E-state index is 0.0438. The average molecular weight is 563 g/mol. The first-order chi connectivity index (χ1) is 20.2. The maximum atomic E-state index is 13.1. The van der Waals surface area contributed by atoms with Crippen molar-refractivity contribution in [3.05, 3.63) is 117 Å². The van der Waals surface area contributed by atoms with Crippen LogP contribution < -0.4 is 10.4 Å². The molecule has 0 radical (unpaired) electrons. The van der Waals surface area contributed by atoms with Crippen molar-refractivity contribution in [3.63, 3.8) is 0 Å². The first-order valence-corrected chi connectivity index (χ1v) is 15.2. The van der Waals surface area contributed by atoms with Crippen LogP contribution in [-0.4, -0.2) is 21.0 Å². The van der Waals surface area contributed by atoms with E-state index in [1.807, 2.05) is 19.9 Å². The van der Waals surface area contributed by atoms with E-state index in [0.29, 0.717) is 19.7 Å². The van der Waals surface area contributed by atoms with E-state index in [4.69, 9.17) is 16.4 Å². The highest BCUT2D eigenvalue weighted by Crippen LogP contribution is 2.53. The molecule has 42 heavy (non-hydrogen) atoms. The second kappa shape index (κ2) is 12.0. The molecule has 0 unspecified atom stereocenters. The van der Waals surface area contributed by atoms with E-state index < -0.39 is 5.54 Å². The van der Waals surface area contributed by atoms with Crippen LogP contribution in [0.1, 0.15) is 82.0 Å². The third-order valence-corrected chi connectivity index (χ3v) is 8.34. The van der Waals surface area contributed by atoms with E-state index in [9.17, 15) is 4.79 Å². The van der Waals surface area contributed by atoms with Crippen molar-refractivity contribution < 1.29 is 4.74 Å². The molecule has 5 rings (SSSR count). The molecule has 1 aliphatic rings. The van der Waals surface area contributed by atoms with Crippen LogP contribution in [0, 0.1) is 6.57 Å². The number of ether oxygens (including phenoxy) is 1. The number of hydrogen-bond donors (Lipinski definition) is 0. The Morgan fingerprint density at radius 3 is 2.19 bits per heavy atom. The summed E-state index contributed by atoms with van der Waals surface area (Å²) in [7, 11) is 0. The van der Waals surface area contributed by atoms with Crippen LogP contribution in [0.25, 0.3) is 16.0 Å². The molecule has 0 amide bonds. The molecular weight excluding hydrogens is 520 g/mol. The topological polar surface area (TPSA) is 53.4 Å². The van der Waals surface area contributed by atoms with Crippen LogP contribution in [-0.2, 0) is 36.9 Å². The summed E-state index contributed by atoms with van der Waals surface area (Å²) in [4.78, 5) is 17.0. The zero-order valence-corrected chi connectivity index (χ0v) is 25.6. The van der Waals surface area contributed by atoms with E-state index >= 15 is 0 Å². The van der Waals surface area contributed by atoms with Gasteiger partial charge in [-0.15, -0.1) is 0 Å². The molecule has 1 saturated carbocycles. The Kier molecular flexibility index (Phi) is 8.41. The number of aromatic nitrogens is 3. The van der Waals surface area contributed by atoms with Crippen molar-refractivity contribution in [1.82, 2.24) is 14.3 Å². The van der Waals surface area contributed by atoms with Crippen LogP contribution in [0.5, 0.6) is 5.75 Å². The van der Waals surface area contributed by atoms with E-state index in [2.05, 4.69) is 86.3 Å². The normalized spacial score (nSPS) is 14.0. The van der Waals surface area contributed by atoms with Crippen LogP contribution in [0.2, 0.25) is 0 Å². The summed E-state index contributed by atoms with van der Waals surface area (Å²) in [6, 6.07) is 23.4. The predicted molar refractivity (Wildman–Crippen MR) is 169 cm³/mol. The fourth-order valence-electron chi connectivity index (χ4n) is 5.60. The largest absolute Gasteiger partial charge is 0.493 e.